The zero-order valence-electron chi connectivity index (χ0n) is 47.7. The normalized spacial score (nSPS) is 38.8. The minimum Gasteiger partial charge on any atom is -0.462 e. The number of amides is 1. The Morgan fingerprint density at radius 3 is 1.87 bits per heavy atom. The van der Waals surface area contributed by atoms with E-state index in [0.717, 1.165) is 22.3 Å². The van der Waals surface area contributed by atoms with Gasteiger partial charge in [-0.3, -0.25) is 4.79 Å². The van der Waals surface area contributed by atoms with Crippen LogP contribution in [0.4, 0.5) is 4.79 Å². The summed E-state index contributed by atoms with van der Waals surface area (Å²) in [6.07, 6.45) is 6.73. The SMILES string of the molecule is C[C@@H]1[C@H](O)[C@@H](C)/C=C/C=C/C=C/C=C/C=C/C=C/C=C/[C@H](O[C@@H]2O[C@H](C)[C@@H](O)[C@H](NC(=O)OCC3c4ccccc4-c4ccccc43)[C@@H]2O)C[C@@H]2O[C@](O)(C[C@@H](O)C[C@@H](O)[C@H](O)CC[C@@H](O)C[C@@H](O)CC(=O)O[C@H]1C)C[C@H](O)[C@H]2/C=C/CO. The number of esters is 1. The molecular weight excluding hydrogens is 1070 g/mol. The number of allylic oxidation sites excluding steroid dienone is 12. The number of ether oxygens (including phenoxy) is 5. The van der Waals surface area contributed by atoms with Crippen molar-refractivity contribution in [2.24, 2.45) is 17.8 Å². The molecule has 2 fully saturated rings. The predicted octanol–water partition coefficient (Wildman–Crippen LogP) is 4.76. The Morgan fingerprint density at radius 1 is 0.663 bits per heavy atom. The molecule has 2 saturated heterocycles. The van der Waals surface area contributed by atoms with Crippen LogP contribution in [0.3, 0.4) is 0 Å². The van der Waals surface area contributed by atoms with E-state index in [9.17, 15) is 65.8 Å². The van der Waals surface area contributed by atoms with Gasteiger partial charge in [-0.05, 0) is 55.4 Å². The molecule has 0 radical (unpaired) electrons. The molecular formula is C64H87NO18. The summed E-state index contributed by atoms with van der Waals surface area (Å²) in [6, 6.07) is 14.4. The fourth-order valence-corrected chi connectivity index (χ4v) is 11.1. The monoisotopic (exact) mass is 1160 g/mol. The quantitative estimate of drug-likeness (QED) is 0.131. The van der Waals surface area contributed by atoms with Crippen LogP contribution < -0.4 is 5.32 Å². The van der Waals surface area contributed by atoms with Gasteiger partial charge in [0.2, 0.25) is 0 Å². The van der Waals surface area contributed by atoms with Crippen LogP contribution >= 0.6 is 0 Å². The second kappa shape index (κ2) is 32.7. The number of nitrogens with one attached hydrogen (secondary N) is 1. The topological polar surface area (TPSA) is 315 Å². The van der Waals surface area contributed by atoms with Gasteiger partial charge in [-0.1, -0.05) is 160 Å². The molecule has 83 heavy (non-hydrogen) atoms. The van der Waals surface area contributed by atoms with Crippen molar-refractivity contribution >= 4 is 12.1 Å². The van der Waals surface area contributed by atoms with E-state index in [1.807, 2.05) is 98.0 Å². The van der Waals surface area contributed by atoms with Crippen molar-refractivity contribution in [2.75, 3.05) is 13.2 Å². The first-order chi connectivity index (χ1) is 39.7. The molecule has 0 unspecified atom stereocenters. The fraction of sp³-hybridized carbons (Fsp3) is 0.531. The maximum absolute atomic E-state index is 13.5. The van der Waals surface area contributed by atoms with Gasteiger partial charge in [0, 0.05) is 49.4 Å². The summed E-state index contributed by atoms with van der Waals surface area (Å²) >= 11 is 0. The second-order valence-electron chi connectivity index (χ2n) is 22.3. The van der Waals surface area contributed by atoms with E-state index in [-0.39, 0.29) is 44.1 Å². The van der Waals surface area contributed by atoms with Crippen molar-refractivity contribution in [1.82, 2.24) is 5.32 Å². The van der Waals surface area contributed by atoms with E-state index < -0.39 is 154 Å². The van der Waals surface area contributed by atoms with E-state index in [4.69, 9.17) is 23.7 Å². The van der Waals surface area contributed by atoms with Gasteiger partial charge < -0.3 is 85.2 Å². The number of carbonyl (C=O) groups excluding carboxylic acids is 2. The minimum atomic E-state index is -2.22. The molecule has 2 bridgehead atoms. The van der Waals surface area contributed by atoms with E-state index in [0.29, 0.717) is 0 Å². The molecule has 4 aliphatic rings. The molecule has 0 aromatic heterocycles. The van der Waals surface area contributed by atoms with Gasteiger partial charge in [0.25, 0.3) is 0 Å². The Hall–Kier alpha value is -5.46. The molecule has 0 saturated carbocycles. The molecule has 3 heterocycles. The van der Waals surface area contributed by atoms with Crippen LogP contribution in [-0.4, -0.2) is 179 Å². The van der Waals surface area contributed by atoms with Gasteiger partial charge in [-0.25, -0.2) is 4.79 Å². The summed E-state index contributed by atoms with van der Waals surface area (Å²) in [4.78, 5) is 26.3. The Morgan fingerprint density at radius 2 is 1.25 bits per heavy atom. The molecule has 0 spiro atoms. The van der Waals surface area contributed by atoms with Crippen LogP contribution in [0.5, 0.6) is 0 Å². The molecule has 6 rings (SSSR count). The van der Waals surface area contributed by atoms with Crippen LogP contribution in [0, 0.1) is 17.8 Å². The number of hydrogen-bond acceptors (Lipinski definition) is 18. The molecule has 12 N–H and O–H groups in total. The van der Waals surface area contributed by atoms with Crippen molar-refractivity contribution in [2.45, 2.75) is 182 Å². The van der Waals surface area contributed by atoms with E-state index in [2.05, 4.69) is 5.32 Å². The number of alkyl carbamates (subject to hydrolysis) is 1. The molecule has 1 aliphatic carbocycles. The van der Waals surface area contributed by atoms with Gasteiger partial charge in [0.05, 0.1) is 80.1 Å². The van der Waals surface area contributed by atoms with Crippen molar-refractivity contribution in [1.29, 1.82) is 0 Å². The lowest BCUT2D eigenvalue weighted by atomic mass is 9.82. The van der Waals surface area contributed by atoms with Gasteiger partial charge in [-0.2, -0.15) is 0 Å². The number of aliphatic hydroxyl groups is 11. The molecule has 19 atom stereocenters. The maximum atomic E-state index is 13.5. The summed E-state index contributed by atoms with van der Waals surface area (Å²) < 4.78 is 30.1. The number of fused-ring (bicyclic) bond motifs is 5. The highest BCUT2D eigenvalue weighted by Gasteiger charge is 2.49. The Kier molecular flexibility index (Phi) is 26.3. The second-order valence-corrected chi connectivity index (χ2v) is 22.3. The van der Waals surface area contributed by atoms with Crippen LogP contribution in [0.15, 0.2) is 146 Å². The van der Waals surface area contributed by atoms with Crippen molar-refractivity contribution in [3.8, 4) is 11.1 Å². The van der Waals surface area contributed by atoms with Crippen LogP contribution in [0.1, 0.15) is 96.1 Å². The summed E-state index contributed by atoms with van der Waals surface area (Å²) in [5.41, 5.74) is 4.07. The lowest BCUT2D eigenvalue weighted by Gasteiger charge is -2.46. The molecule has 3 aliphatic heterocycles. The highest BCUT2D eigenvalue weighted by atomic mass is 16.7. The Bertz CT molecular complexity index is 2550. The largest absolute Gasteiger partial charge is 0.462 e. The lowest BCUT2D eigenvalue weighted by Crippen LogP contribution is -2.64. The number of cyclic esters (lactones) is 1. The summed E-state index contributed by atoms with van der Waals surface area (Å²) in [5.74, 6) is -4.82. The highest BCUT2D eigenvalue weighted by molar-refractivity contribution is 5.79. The van der Waals surface area contributed by atoms with Crippen LogP contribution in [0.25, 0.3) is 11.1 Å². The van der Waals surface area contributed by atoms with Crippen molar-refractivity contribution < 1.29 is 89.4 Å². The van der Waals surface area contributed by atoms with E-state index in [1.54, 1.807) is 63.3 Å². The van der Waals surface area contributed by atoms with Gasteiger partial charge in [0.15, 0.2) is 12.1 Å². The van der Waals surface area contributed by atoms with Crippen molar-refractivity contribution in [3.05, 3.63) is 157 Å². The van der Waals surface area contributed by atoms with E-state index >= 15 is 0 Å². The van der Waals surface area contributed by atoms with E-state index in [1.165, 1.54) is 12.2 Å². The molecule has 2 aromatic rings. The molecule has 2 aromatic carbocycles. The molecule has 1 amide bonds. The first kappa shape index (κ1) is 66.7. The third-order valence-corrected chi connectivity index (χ3v) is 15.8. The van der Waals surface area contributed by atoms with Crippen LogP contribution in [-0.2, 0) is 28.5 Å². The Balaban J connectivity index is 1.20. The zero-order chi connectivity index (χ0) is 60.2. The standard InChI is InChI=1S/C64H87NO18/c1-39-22-15-13-11-9-7-5-6-8-10-12-14-16-23-46(82-62-61(76)58(60(75)42(4)81-62)65-63(77)79-38-52-49-26-19-17-24-47(49)48-25-18-20-27-50(48)52)35-56-51(28-21-31-66)55(72)37-64(78,83-56)36-45(69)33-54(71)53(70)30-29-43(67)32-44(68)34-57(73)80-41(3)40(2)59(39)74/h5-28,39-46,51-56,58-62,66-72,74-76,78H,29-38H2,1-4H3,(H,65,77)/b6-5+,9-7+,10-8+,13-11+,14-12+,22-15+,23-16+,28-21+/t39-,40-,41-,42+,43+,44+,45-,46-,51+,53+,54+,55-,56-,58-,59+,60+,61-,62-,64+/m0/s1. The molecule has 19 nitrogen and oxygen atoms in total. The number of hydrogen-bond donors (Lipinski definition) is 12. The minimum absolute atomic E-state index is 0.0273. The van der Waals surface area contributed by atoms with Gasteiger partial charge >= 0.3 is 12.1 Å². The average Bonchev–Trinajstić information content (AvgIpc) is 4.02. The Labute approximate surface area is 486 Å². The van der Waals surface area contributed by atoms with Gasteiger partial charge in [-0.15, -0.1) is 0 Å². The molecule has 19 heteroatoms. The number of carbonyl (C=O) groups is 2. The fourth-order valence-electron chi connectivity index (χ4n) is 11.1. The highest BCUT2D eigenvalue weighted by Crippen LogP contribution is 2.45. The first-order valence-electron chi connectivity index (χ1n) is 28.8. The van der Waals surface area contributed by atoms with Gasteiger partial charge in [0.1, 0.15) is 24.9 Å². The summed E-state index contributed by atoms with van der Waals surface area (Å²) in [6.45, 7) is 6.36. The molecule has 456 valence electrons. The van der Waals surface area contributed by atoms with Crippen molar-refractivity contribution in [3.63, 3.8) is 0 Å². The lowest BCUT2D eigenvalue weighted by molar-refractivity contribution is -0.306. The first-order valence-corrected chi connectivity index (χ1v) is 28.8. The summed E-state index contributed by atoms with van der Waals surface area (Å²) in [5, 5.41) is 125. The maximum Gasteiger partial charge on any atom is 0.407 e. The summed E-state index contributed by atoms with van der Waals surface area (Å²) in [7, 11) is 0. The van der Waals surface area contributed by atoms with Crippen LogP contribution in [0.2, 0.25) is 0 Å². The smallest absolute Gasteiger partial charge is 0.407 e. The third kappa shape index (κ3) is 19.8. The third-order valence-electron chi connectivity index (χ3n) is 15.8. The zero-order valence-corrected chi connectivity index (χ0v) is 47.7. The number of aliphatic hydroxyl groups excluding tert-OH is 10. The average molecular weight is 1160 g/mol. The number of rotatable bonds is 7. The number of benzene rings is 2. The predicted molar refractivity (Wildman–Crippen MR) is 310 cm³/mol.